The number of likely N-dealkylation sites (tertiary alicyclic amines) is 2. The first kappa shape index (κ1) is 39.0. The molecule has 2 aliphatic heterocycles. The predicted octanol–water partition coefficient (Wildman–Crippen LogP) is 4.87. The Balaban J connectivity index is 1.24. The molecule has 6 atom stereocenters. The Labute approximate surface area is 311 Å². The zero-order valence-corrected chi connectivity index (χ0v) is 32.9. The van der Waals surface area contributed by atoms with Gasteiger partial charge in [-0.05, 0) is 92.5 Å². The smallest absolute Gasteiger partial charge is 0.326 e. The number of nitrogens with zero attached hydrogens (tertiary/aromatic N) is 2. The molecule has 4 saturated carbocycles. The van der Waals surface area contributed by atoms with Gasteiger partial charge in [0.05, 0.1) is 5.92 Å². The maximum absolute atomic E-state index is 15.0. The molecule has 4 amide bonds. The Morgan fingerprint density at radius 1 is 0.827 bits per heavy atom. The van der Waals surface area contributed by atoms with Gasteiger partial charge in [-0.2, -0.15) is 0 Å². The molecule has 52 heavy (non-hydrogen) atoms. The number of hydrogen-bond acceptors (Lipinski definition) is 6. The second-order valence-corrected chi connectivity index (χ2v) is 19.2. The fraction of sp³-hybridized carbons (Fsp3) is 0.878. The van der Waals surface area contributed by atoms with Gasteiger partial charge >= 0.3 is 5.97 Å². The van der Waals surface area contributed by atoms with Crippen LogP contribution in [-0.2, 0) is 24.0 Å². The molecule has 1 unspecified atom stereocenters. The van der Waals surface area contributed by atoms with Gasteiger partial charge in [-0.3, -0.25) is 19.2 Å². The van der Waals surface area contributed by atoms with Crippen LogP contribution in [0.4, 0.5) is 0 Å². The van der Waals surface area contributed by atoms with Crippen molar-refractivity contribution in [3.05, 3.63) is 0 Å². The zero-order valence-electron chi connectivity index (χ0n) is 32.9. The van der Waals surface area contributed by atoms with Crippen LogP contribution in [0, 0.1) is 39.4 Å². The van der Waals surface area contributed by atoms with Crippen molar-refractivity contribution in [1.82, 2.24) is 25.8 Å². The second-order valence-electron chi connectivity index (χ2n) is 19.2. The van der Waals surface area contributed by atoms with Crippen LogP contribution in [0.1, 0.15) is 138 Å². The summed E-state index contributed by atoms with van der Waals surface area (Å²) in [5, 5.41) is 19.3. The summed E-state index contributed by atoms with van der Waals surface area (Å²) in [5.74, 6) is -2.07. The van der Waals surface area contributed by atoms with E-state index in [9.17, 15) is 29.1 Å². The molecule has 0 aromatic carbocycles. The number of nitrogens with one attached hydrogen (secondary N) is 3. The summed E-state index contributed by atoms with van der Waals surface area (Å²) >= 11 is 0. The summed E-state index contributed by atoms with van der Waals surface area (Å²) in [4.78, 5) is 73.8. The van der Waals surface area contributed by atoms with Crippen LogP contribution in [0.5, 0.6) is 0 Å². The van der Waals surface area contributed by atoms with E-state index in [0.717, 1.165) is 96.6 Å². The quantitative estimate of drug-likeness (QED) is 0.225. The highest BCUT2D eigenvalue weighted by atomic mass is 16.4. The SMILES string of the molecule is CCN1CCC[C@H](C(=O)N[C@H](C(=O)N[C@@H](C(=O)N2CC3(C[C@H]2C(=O)N[C@H](CC2CCC2)C(=O)O)C(C)(C)C32CCC2)C(C)(C)C)C2CCCCC2)C1. The maximum atomic E-state index is 15.0. The summed E-state index contributed by atoms with van der Waals surface area (Å²) in [5.41, 5.74) is -0.932. The van der Waals surface area contributed by atoms with Crippen molar-refractivity contribution in [2.75, 3.05) is 26.2 Å². The van der Waals surface area contributed by atoms with Crippen LogP contribution in [0.25, 0.3) is 0 Å². The van der Waals surface area contributed by atoms with Crippen molar-refractivity contribution in [2.45, 2.75) is 162 Å². The summed E-state index contributed by atoms with van der Waals surface area (Å²) in [7, 11) is 0. The van der Waals surface area contributed by atoms with Gasteiger partial charge < -0.3 is 30.9 Å². The van der Waals surface area contributed by atoms with Gasteiger partial charge in [0.25, 0.3) is 0 Å². The Hall–Kier alpha value is -2.69. The Morgan fingerprint density at radius 3 is 2.06 bits per heavy atom. The summed E-state index contributed by atoms with van der Waals surface area (Å²) in [6.07, 6.45) is 13.7. The molecule has 0 aromatic heterocycles. The third-order valence-corrected chi connectivity index (χ3v) is 15.2. The minimum Gasteiger partial charge on any atom is -0.480 e. The van der Waals surface area contributed by atoms with Crippen molar-refractivity contribution in [1.29, 1.82) is 0 Å². The number of carboxylic acid groups (broad SMARTS) is 1. The lowest BCUT2D eigenvalue weighted by Gasteiger charge is -2.38. The monoisotopic (exact) mass is 726 g/mol. The van der Waals surface area contributed by atoms with Crippen molar-refractivity contribution in [3.8, 4) is 0 Å². The molecule has 0 bridgehead atoms. The van der Waals surface area contributed by atoms with Gasteiger partial charge in [-0.25, -0.2) is 4.79 Å². The lowest BCUT2D eigenvalue weighted by atomic mass is 9.73. The first-order valence-corrected chi connectivity index (χ1v) is 20.7. The Morgan fingerprint density at radius 2 is 1.52 bits per heavy atom. The molecule has 6 aliphatic rings. The number of hydrogen-bond donors (Lipinski definition) is 4. The summed E-state index contributed by atoms with van der Waals surface area (Å²) < 4.78 is 0. The average Bonchev–Trinajstić information content (AvgIpc) is 3.28. The summed E-state index contributed by atoms with van der Waals surface area (Å²) in [6, 6.07) is -3.50. The van der Waals surface area contributed by atoms with E-state index in [-0.39, 0.29) is 51.7 Å². The normalized spacial score (nSPS) is 30.5. The van der Waals surface area contributed by atoms with Crippen molar-refractivity contribution in [2.24, 2.45) is 39.4 Å². The van der Waals surface area contributed by atoms with Crippen LogP contribution in [0.3, 0.4) is 0 Å². The Kier molecular flexibility index (Phi) is 11.1. The molecule has 0 radical (unpaired) electrons. The van der Waals surface area contributed by atoms with Crippen LogP contribution in [0.15, 0.2) is 0 Å². The van der Waals surface area contributed by atoms with Gasteiger partial charge in [-0.1, -0.05) is 86.5 Å². The molecule has 2 spiro atoms. The molecule has 11 heteroatoms. The number of piperidine rings is 1. The fourth-order valence-corrected chi connectivity index (χ4v) is 11.4. The third-order valence-electron chi connectivity index (χ3n) is 15.2. The number of carbonyl (C=O) groups excluding carboxylic acids is 4. The number of carbonyl (C=O) groups is 5. The van der Waals surface area contributed by atoms with Crippen molar-refractivity contribution >= 4 is 29.6 Å². The molecular weight excluding hydrogens is 658 g/mol. The van der Waals surface area contributed by atoms with Gasteiger partial charge in [0.15, 0.2) is 0 Å². The van der Waals surface area contributed by atoms with Gasteiger partial charge in [0, 0.05) is 18.5 Å². The molecule has 4 N–H and O–H groups in total. The standard InChI is InChI=1S/C41H67N5O6/c1-7-45-21-12-18-28(24-45)33(47)43-31(27-16-9-8-10-17-27)35(49)44-32(38(2,3)4)36(50)46-25-41(39(5,6)40(41)19-13-20-40)23-30(46)34(48)42-29(37(51)52)22-26-14-11-15-26/h26-32H,7-25H2,1-6H3,(H,42,48)(H,43,47)(H,44,49)(H,51,52)/t28-,29+,30-,31-,32-,41?/m0/s1. The lowest BCUT2D eigenvalue weighted by molar-refractivity contribution is -0.146. The Bertz CT molecular complexity index is 1380. The maximum Gasteiger partial charge on any atom is 0.326 e. The molecule has 2 heterocycles. The highest BCUT2D eigenvalue weighted by Gasteiger charge is 2.85. The van der Waals surface area contributed by atoms with Gasteiger partial charge in [0.1, 0.15) is 24.2 Å². The molecule has 0 aromatic rings. The van der Waals surface area contributed by atoms with Gasteiger partial charge in [0.2, 0.25) is 23.6 Å². The number of aliphatic carboxylic acids is 1. The first-order valence-electron chi connectivity index (χ1n) is 20.7. The van der Waals surface area contributed by atoms with E-state index in [0.29, 0.717) is 25.9 Å². The molecule has 11 nitrogen and oxygen atoms in total. The highest BCUT2D eigenvalue weighted by Crippen LogP contribution is 2.88. The van der Waals surface area contributed by atoms with E-state index in [1.807, 2.05) is 20.8 Å². The highest BCUT2D eigenvalue weighted by molar-refractivity contribution is 5.96. The lowest BCUT2D eigenvalue weighted by Crippen LogP contribution is -2.62. The van der Waals surface area contributed by atoms with Crippen molar-refractivity contribution in [3.63, 3.8) is 0 Å². The largest absolute Gasteiger partial charge is 0.480 e. The molecule has 4 aliphatic carbocycles. The van der Waals surface area contributed by atoms with E-state index >= 15 is 0 Å². The third kappa shape index (κ3) is 7.01. The van der Waals surface area contributed by atoms with Crippen LogP contribution in [-0.4, -0.2) is 94.9 Å². The first-order chi connectivity index (χ1) is 24.5. The number of fused-ring (bicyclic) bond motifs is 1. The van der Waals surface area contributed by atoms with Crippen LogP contribution >= 0.6 is 0 Å². The van der Waals surface area contributed by atoms with Gasteiger partial charge in [-0.15, -0.1) is 0 Å². The van der Waals surface area contributed by atoms with Crippen LogP contribution < -0.4 is 16.0 Å². The number of amides is 4. The number of carboxylic acids is 1. The van der Waals surface area contributed by atoms with E-state index in [2.05, 4.69) is 41.6 Å². The molecule has 292 valence electrons. The fourth-order valence-electron chi connectivity index (χ4n) is 11.4. The van der Waals surface area contributed by atoms with E-state index in [4.69, 9.17) is 0 Å². The zero-order chi connectivity index (χ0) is 37.6. The summed E-state index contributed by atoms with van der Waals surface area (Å²) in [6.45, 7) is 15.4. The topological polar surface area (TPSA) is 148 Å². The molecule has 6 rings (SSSR count). The number of rotatable bonds is 12. The minimum absolute atomic E-state index is 0.0118. The molecule has 6 fully saturated rings. The van der Waals surface area contributed by atoms with E-state index in [1.165, 1.54) is 0 Å². The minimum atomic E-state index is -1.04. The van der Waals surface area contributed by atoms with Crippen molar-refractivity contribution < 1.29 is 29.1 Å². The predicted molar refractivity (Wildman–Crippen MR) is 199 cm³/mol. The molecular formula is C41H67N5O6. The van der Waals surface area contributed by atoms with E-state index < -0.39 is 41.5 Å². The molecule has 2 saturated heterocycles. The second kappa shape index (κ2) is 14.9. The average molecular weight is 726 g/mol. The van der Waals surface area contributed by atoms with Crippen LogP contribution in [0.2, 0.25) is 0 Å². The van der Waals surface area contributed by atoms with E-state index in [1.54, 1.807) is 4.90 Å².